The summed E-state index contributed by atoms with van der Waals surface area (Å²) in [6.07, 6.45) is 3.81. The molecule has 2 atom stereocenters. The Labute approximate surface area is 113 Å². The van der Waals surface area contributed by atoms with E-state index in [1.54, 1.807) is 13.4 Å². The lowest BCUT2D eigenvalue weighted by Crippen LogP contribution is -2.32. The Morgan fingerprint density at radius 3 is 3.16 bits per heavy atom. The van der Waals surface area contributed by atoms with Crippen LogP contribution in [0, 0.1) is 0 Å². The van der Waals surface area contributed by atoms with Crippen molar-refractivity contribution < 1.29 is 9.84 Å². The molecular formula is C13H22N4O2. The molecule has 0 aliphatic carbocycles. The van der Waals surface area contributed by atoms with Crippen LogP contribution < -0.4 is 10.2 Å². The first-order valence-electron chi connectivity index (χ1n) is 6.70. The number of hydrogen-bond donors (Lipinski definition) is 2. The number of nitrogens with one attached hydrogen (secondary N) is 1. The number of aliphatic hydroxyl groups is 1. The van der Waals surface area contributed by atoms with Gasteiger partial charge in [-0.05, 0) is 19.8 Å². The molecule has 0 saturated carbocycles. The number of aromatic nitrogens is 2. The van der Waals surface area contributed by atoms with Crippen molar-refractivity contribution in [3.05, 3.63) is 12.4 Å². The van der Waals surface area contributed by atoms with Crippen LogP contribution in [-0.2, 0) is 4.74 Å². The Hall–Kier alpha value is -1.40. The second-order valence-electron chi connectivity index (χ2n) is 4.86. The SMILES string of the molecule is COC(C)CNc1cc(N2CCCC2CO)ncn1. The predicted octanol–water partition coefficient (Wildman–Crippen LogP) is 0.884. The molecule has 0 aromatic carbocycles. The second-order valence-corrected chi connectivity index (χ2v) is 4.86. The first-order chi connectivity index (χ1) is 9.24. The fourth-order valence-electron chi connectivity index (χ4n) is 2.26. The van der Waals surface area contributed by atoms with Gasteiger partial charge >= 0.3 is 0 Å². The van der Waals surface area contributed by atoms with Crippen LogP contribution in [0.3, 0.4) is 0 Å². The van der Waals surface area contributed by atoms with E-state index in [2.05, 4.69) is 20.2 Å². The summed E-state index contributed by atoms with van der Waals surface area (Å²) in [4.78, 5) is 10.6. The molecule has 1 saturated heterocycles. The van der Waals surface area contributed by atoms with E-state index in [0.29, 0.717) is 6.54 Å². The monoisotopic (exact) mass is 266 g/mol. The summed E-state index contributed by atoms with van der Waals surface area (Å²) in [5, 5.41) is 12.6. The molecule has 106 valence electrons. The highest BCUT2D eigenvalue weighted by Gasteiger charge is 2.25. The minimum atomic E-state index is 0.135. The summed E-state index contributed by atoms with van der Waals surface area (Å²) in [7, 11) is 1.69. The molecule has 0 radical (unpaired) electrons. The Kier molecular flexibility index (Phi) is 4.93. The standard InChI is InChI=1S/C13H22N4O2/c1-10(19-2)7-14-12-6-13(16-9-15-12)17-5-3-4-11(17)8-18/h6,9-11,18H,3-5,7-8H2,1-2H3,(H,14,15,16). The van der Waals surface area contributed by atoms with Gasteiger partial charge in [-0.25, -0.2) is 9.97 Å². The molecule has 1 aromatic heterocycles. The van der Waals surface area contributed by atoms with Crippen LogP contribution in [0.15, 0.2) is 12.4 Å². The number of anilines is 2. The van der Waals surface area contributed by atoms with Crippen molar-refractivity contribution in [1.29, 1.82) is 0 Å². The van der Waals surface area contributed by atoms with Gasteiger partial charge in [0.1, 0.15) is 18.0 Å². The molecule has 1 fully saturated rings. The molecule has 0 spiro atoms. The lowest BCUT2D eigenvalue weighted by Gasteiger charge is -2.24. The second kappa shape index (κ2) is 6.68. The third-order valence-electron chi connectivity index (χ3n) is 3.51. The highest BCUT2D eigenvalue weighted by atomic mass is 16.5. The van der Waals surface area contributed by atoms with E-state index in [1.165, 1.54) is 0 Å². The summed E-state index contributed by atoms with van der Waals surface area (Å²) in [6, 6.07) is 2.11. The molecule has 2 unspecified atom stereocenters. The first kappa shape index (κ1) is 14.0. The summed E-state index contributed by atoms with van der Waals surface area (Å²) in [5.41, 5.74) is 0. The Bertz CT molecular complexity index is 402. The average Bonchev–Trinajstić information content (AvgIpc) is 2.93. The number of ether oxygens (including phenoxy) is 1. The molecule has 2 heterocycles. The van der Waals surface area contributed by atoms with Gasteiger partial charge in [0.15, 0.2) is 0 Å². The van der Waals surface area contributed by atoms with Crippen molar-refractivity contribution in [2.24, 2.45) is 0 Å². The van der Waals surface area contributed by atoms with Crippen LogP contribution in [0.25, 0.3) is 0 Å². The van der Waals surface area contributed by atoms with E-state index in [9.17, 15) is 5.11 Å². The number of rotatable bonds is 6. The zero-order chi connectivity index (χ0) is 13.7. The molecule has 0 amide bonds. The van der Waals surface area contributed by atoms with Gasteiger partial charge < -0.3 is 20.1 Å². The van der Waals surface area contributed by atoms with E-state index >= 15 is 0 Å². The van der Waals surface area contributed by atoms with Crippen molar-refractivity contribution in [3.8, 4) is 0 Å². The maximum Gasteiger partial charge on any atom is 0.134 e. The minimum Gasteiger partial charge on any atom is -0.394 e. The lowest BCUT2D eigenvalue weighted by atomic mass is 10.2. The van der Waals surface area contributed by atoms with Crippen LogP contribution in [0.1, 0.15) is 19.8 Å². The van der Waals surface area contributed by atoms with Gasteiger partial charge in [0.25, 0.3) is 0 Å². The Morgan fingerprint density at radius 2 is 2.42 bits per heavy atom. The molecule has 1 aromatic rings. The van der Waals surface area contributed by atoms with Crippen molar-refractivity contribution in [3.63, 3.8) is 0 Å². The van der Waals surface area contributed by atoms with E-state index in [4.69, 9.17) is 4.74 Å². The van der Waals surface area contributed by atoms with Crippen molar-refractivity contribution in [2.75, 3.05) is 37.0 Å². The molecule has 2 N–H and O–H groups in total. The predicted molar refractivity (Wildman–Crippen MR) is 74.4 cm³/mol. The lowest BCUT2D eigenvalue weighted by molar-refractivity contribution is 0.128. The molecule has 1 aliphatic heterocycles. The third-order valence-corrected chi connectivity index (χ3v) is 3.51. The molecular weight excluding hydrogens is 244 g/mol. The van der Waals surface area contributed by atoms with Crippen LogP contribution in [0.5, 0.6) is 0 Å². The minimum absolute atomic E-state index is 0.135. The van der Waals surface area contributed by atoms with Crippen molar-refractivity contribution in [2.45, 2.75) is 31.9 Å². The smallest absolute Gasteiger partial charge is 0.134 e. The summed E-state index contributed by atoms with van der Waals surface area (Å²) in [6.45, 7) is 3.82. The van der Waals surface area contributed by atoms with Gasteiger partial charge in [0.2, 0.25) is 0 Å². The van der Waals surface area contributed by atoms with Gasteiger partial charge in [-0.2, -0.15) is 0 Å². The summed E-state index contributed by atoms with van der Waals surface area (Å²) in [5.74, 6) is 1.66. The highest BCUT2D eigenvalue weighted by molar-refractivity contribution is 5.49. The zero-order valence-electron chi connectivity index (χ0n) is 11.5. The van der Waals surface area contributed by atoms with Crippen LogP contribution >= 0.6 is 0 Å². The van der Waals surface area contributed by atoms with E-state index < -0.39 is 0 Å². The molecule has 1 aliphatic rings. The molecule has 6 heteroatoms. The maximum absolute atomic E-state index is 9.36. The fourth-order valence-corrected chi connectivity index (χ4v) is 2.26. The van der Waals surface area contributed by atoms with Crippen molar-refractivity contribution in [1.82, 2.24) is 9.97 Å². The van der Waals surface area contributed by atoms with Gasteiger partial charge in [-0.1, -0.05) is 0 Å². The van der Waals surface area contributed by atoms with Crippen LogP contribution in [0.2, 0.25) is 0 Å². The van der Waals surface area contributed by atoms with Crippen molar-refractivity contribution >= 4 is 11.6 Å². The largest absolute Gasteiger partial charge is 0.394 e. The van der Waals surface area contributed by atoms with Crippen LogP contribution in [-0.4, -0.2) is 54.0 Å². The number of aliphatic hydroxyl groups excluding tert-OH is 1. The van der Waals surface area contributed by atoms with E-state index in [1.807, 2.05) is 13.0 Å². The molecule has 6 nitrogen and oxygen atoms in total. The van der Waals surface area contributed by atoms with Crippen LogP contribution in [0.4, 0.5) is 11.6 Å². The number of methoxy groups -OCH3 is 1. The van der Waals surface area contributed by atoms with E-state index in [0.717, 1.165) is 31.0 Å². The van der Waals surface area contributed by atoms with Gasteiger partial charge in [0.05, 0.1) is 18.8 Å². The highest BCUT2D eigenvalue weighted by Crippen LogP contribution is 2.24. The van der Waals surface area contributed by atoms with Gasteiger partial charge in [0, 0.05) is 26.3 Å². The quantitative estimate of drug-likeness (QED) is 0.796. The third kappa shape index (κ3) is 3.54. The van der Waals surface area contributed by atoms with Gasteiger partial charge in [-0.3, -0.25) is 0 Å². The zero-order valence-corrected chi connectivity index (χ0v) is 11.5. The molecule has 0 bridgehead atoms. The van der Waals surface area contributed by atoms with Gasteiger partial charge in [-0.15, -0.1) is 0 Å². The summed E-state index contributed by atoms with van der Waals surface area (Å²) >= 11 is 0. The fraction of sp³-hybridized carbons (Fsp3) is 0.692. The Balaban J connectivity index is 2.02. The maximum atomic E-state index is 9.36. The average molecular weight is 266 g/mol. The first-order valence-corrected chi connectivity index (χ1v) is 6.70. The van der Waals surface area contributed by atoms with E-state index in [-0.39, 0.29) is 18.8 Å². The summed E-state index contributed by atoms with van der Waals surface area (Å²) < 4.78 is 5.19. The molecule has 19 heavy (non-hydrogen) atoms. The number of hydrogen-bond acceptors (Lipinski definition) is 6. The normalized spacial score (nSPS) is 20.6. The topological polar surface area (TPSA) is 70.5 Å². The molecule has 2 rings (SSSR count). The Morgan fingerprint density at radius 1 is 1.58 bits per heavy atom. The number of nitrogens with zero attached hydrogens (tertiary/aromatic N) is 3.